The van der Waals surface area contributed by atoms with Crippen molar-refractivity contribution in [3.8, 4) is 0 Å². The number of nitrogens with one attached hydrogen (secondary N) is 1. The molecule has 0 unspecified atom stereocenters. The minimum atomic E-state index is 0.288. The molecule has 1 aromatic heterocycles. The Balaban J connectivity index is 2.04. The molecule has 0 saturated heterocycles. The number of halogens is 1. The number of hydrogen-bond donors (Lipinski definition) is 1. The highest BCUT2D eigenvalue weighted by Crippen LogP contribution is 2.20. The molecule has 0 saturated carbocycles. The zero-order chi connectivity index (χ0) is 14.0. The minimum absolute atomic E-state index is 0.288. The molecule has 0 bridgehead atoms. The Hall–Kier alpha value is -1.32. The second-order valence-corrected chi connectivity index (χ2v) is 5.35. The van der Waals surface area contributed by atoms with Crippen LogP contribution in [-0.2, 0) is 13.6 Å². The van der Waals surface area contributed by atoms with Gasteiger partial charge in [-0.05, 0) is 26.3 Å². The van der Waals surface area contributed by atoms with Gasteiger partial charge in [0.2, 0.25) is 0 Å². The molecule has 3 nitrogen and oxygen atoms in total. The highest BCUT2D eigenvalue weighted by Gasteiger charge is 2.12. The zero-order valence-corrected chi connectivity index (χ0v) is 12.6. The lowest BCUT2D eigenvalue weighted by Crippen LogP contribution is -2.18. The van der Waals surface area contributed by atoms with Gasteiger partial charge in [-0.3, -0.25) is 4.68 Å². The number of aryl methyl sites for hydroxylation is 3. The van der Waals surface area contributed by atoms with Crippen molar-refractivity contribution < 1.29 is 0 Å². The first kappa shape index (κ1) is 14.1. The summed E-state index contributed by atoms with van der Waals surface area (Å²) in [5, 5.41) is 8.52. The van der Waals surface area contributed by atoms with Gasteiger partial charge >= 0.3 is 0 Å². The lowest BCUT2D eigenvalue weighted by atomic mass is 10.1. The van der Waals surface area contributed by atoms with E-state index in [0.29, 0.717) is 5.15 Å². The van der Waals surface area contributed by atoms with E-state index in [2.05, 4.69) is 48.5 Å². The van der Waals surface area contributed by atoms with Gasteiger partial charge < -0.3 is 5.32 Å². The summed E-state index contributed by atoms with van der Waals surface area (Å²) in [6.45, 7) is 6.97. The van der Waals surface area contributed by atoms with E-state index in [1.807, 2.05) is 14.0 Å². The maximum atomic E-state index is 6.22. The third-order valence-corrected chi connectivity index (χ3v) is 3.90. The first-order chi connectivity index (χ1) is 8.99. The molecule has 1 aromatic carbocycles. The van der Waals surface area contributed by atoms with E-state index >= 15 is 0 Å². The van der Waals surface area contributed by atoms with Crippen molar-refractivity contribution in [2.24, 2.45) is 7.05 Å². The predicted molar refractivity (Wildman–Crippen MR) is 79.4 cm³/mol. The van der Waals surface area contributed by atoms with Gasteiger partial charge in [0.05, 0.1) is 5.69 Å². The van der Waals surface area contributed by atoms with Crippen molar-refractivity contribution in [2.45, 2.75) is 33.4 Å². The van der Waals surface area contributed by atoms with Gasteiger partial charge in [-0.2, -0.15) is 5.10 Å². The Morgan fingerprint density at radius 1 is 1.26 bits per heavy atom. The van der Waals surface area contributed by atoms with Gasteiger partial charge in [0.15, 0.2) is 0 Å². The number of aromatic nitrogens is 2. The van der Waals surface area contributed by atoms with Crippen molar-refractivity contribution in [3.63, 3.8) is 0 Å². The highest BCUT2D eigenvalue weighted by atomic mass is 35.5. The molecule has 1 heterocycles. The van der Waals surface area contributed by atoms with Gasteiger partial charge in [0, 0.05) is 25.2 Å². The Morgan fingerprint density at radius 2 is 1.89 bits per heavy atom. The first-order valence-electron chi connectivity index (χ1n) is 6.47. The fraction of sp³-hybridized carbons (Fsp3) is 0.400. The quantitative estimate of drug-likeness (QED) is 0.926. The molecule has 0 spiro atoms. The van der Waals surface area contributed by atoms with Crippen LogP contribution in [0.3, 0.4) is 0 Å². The number of nitrogens with zero attached hydrogens (tertiary/aromatic N) is 2. The van der Waals surface area contributed by atoms with Crippen LogP contribution in [0.5, 0.6) is 0 Å². The molecule has 0 radical (unpaired) electrons. The molecule has 0 aliphatic rings. The number of rotatable bonds is 4. The fourth-order valence-electron chi connectivity index (χ4n) is 2.10. The van der Waals surface area contributed by atoms with Crippen LogP contribution in [0.25, 0.3) is 0 Å². The maximum Gasteiger partial charge on any atom is 0.131 e. The molecule has 2 aromatic rings. The zero-order valence-electron chi connectivity index (χ0n) is 11.9. The van der Waals surface area contributed by atoms with E-state index in [9.17, 15) is 0 Å². The maximum absolute atomic E-state index is 6.22. The Labute approximate surface area is 119 Å². The summed E-state index contributed by atoms with van der Waals surface area (Å²) in [5.74, 6) is 0. The lowest BCUT2D eigenvalue weighted by molar-refractivity contribution is 0.573. The van der Waals surface area contributed by atoms with E-state index in [1.54, 1.807) is 4.68 Å². The van der Waals surface area contributed by atoms with Crippen molar-refractivity contribution in [3.05, 3.63) is 51.8 Å². The summed E-state index contributed by atoms with van der Waals surface area (Å²) >= 11 is 6.22. The molecule has 1 N–H and O–H groups in total. The van der Waals surface area contributed by atoms with E-state index in [1.165, 1.54) is 11.1 Å². The van der Waals surface area contributed by atoms with Crippen LogP contribution < -0.4 is 5.32 Å². The van der Waals surface area contributed by atoms with E-state index in [4.69, 9.17) is 11.6 Å². The average molecular weight is 278 g/mol. The van der Waals surface area contributed by atoms with E-state index in [0.717, 1.165) is 17.8 Å². The van der Waals surface area contributed by atoms with Crippen LogP contribution >= 0.6 is 11.6 Å². The van der Waals surface area contributed by atoms with Crippen molar-refractivity contribution in [1.82, 2.24) is 15.1 Å². The topological polar surface area (TPSA) is 29.9 Å². The molecule has 0 fully saturated rings. The summed E-state index contributed by atoms with van der Waals surface area (Å²) in [5.41, 5.74) is 4.62. The summed E-state index contributed by atoms with van der Waals surface area (Å²) in [7, 11) is 1.86. The van der Waals surface area contributed by atoms with Crippen LogP contribution in [0.15, 0.2) is 24.3 Å². The summed E-state index contributed by atoms with van der Waals surface area (Å²) in [6, 6.07) is 8.87. The molecule has 4 heteroatoms. The Kier molecular flexibility index (Phi) is 4.27. The van der Waals surface area contributed by atoms with Crippen LogP contribution in [0.4, 0.5) is 0 Å². The molecule has 1 atom stereocenters. The number of benzene rings is 1. The fourth-order valence-corrected chi connectivity index (χ4v) is 2.34. The number of hydrogen-bond acceptors (Lipinski definition) is 2. The molecule has 0 amide bonds. The SMILES string of the molecule is Cc1ccc([C@@H](C)NCc2c(C)nn(C)c2Cl)cc1. The average Bonchev–Trinajstić information content (AvgIpc) is 2.62. The van der Waals surface area contributed by atoms with Gasteiger partial charge in [-0.15, -0.1) is 0 Å². The molecule has 19 heavy (non-hydrogen) atoms. The van der Waals surface area contributed by atoms with Gasteiger partial charge in [0.25, 0.3) is 0 Å². The second-order valence-electron chi connectivity index (χ2n) is 4.99. The van der Waals surface area contributed by atoms with Crippen LogP contribution in [0.1, 0.15) is 35.3 Å². The largest absolute Gasteiger partial charge is 0.306 e. The second kappa shape index (κ2) is 5.76. The van der Waals surface area contributed by atoms with Crippen LogP contribution in [-0.4, -0.2) is 9.78 Å². The Morgan fingerprint density at radius 3 is 2.42 bits per heavy atom. The summed E-state index contributed by atoms with van der Waals surface area (Å²) < 4.78 is 1.71. The minimum Gasteiger partial charge on any atom is -0.306 e. The molecular weight excluding hydrogens is 258 g/mol. The van der Waals surface area contributed by atoms with Crippen molar-refractivity contribution in [1.29, 1.82) is 0 Å². The standard InChI is InChI=1S/C15H20ClN3/c1-10-5-7-13(8-6-10)11(2)17-9-14-12(3)18-19(4)15(14)16/h5-8,11,17H,9H2,1-4H3/t11-/m1/s1. The van der Waals surface area contributed by atoms with Gasteiger partial charge in [-0.1, -0.05) is 41.4 Å². The molecular formula is C15H20ClN3. The Bertz CT molecular complexity index is 558. The van der Waals surface area contributed by atoms with E-state index in [-0.39, 0.29) is 6.04 Å². The van der Waals surface area contributed by atoms with Crippen molar-refractivity contribution >= 4 is 11.6 Å². The molecule has 0 aliphatic heterocycles. The highest BCUT2D eigenvalue weighted by molar-refractivity contribution is 6.30. The van der Waals surface area contributed by atoms with Crippen LogP contribution in [0, 0.1) is 13.8 Å². The third kappa shape index (κ3) is 3.17. The van der Waals surface area contributed by atoms with Gasteiger partial charge in [-0.25, -0.2) is 0 Å². The molecule has 102 valence electrons. The van der Waals surface area contributed by atoms with E-state index < -0.39 is 0 Å². The smallest absolute Gasteiger partial charge is 0.131 e. The van der Waals surface area contributed by atoms with Crippen LogP contribution in [0.2, 0.25) is 5.15 Å². The summed E-state index contributed by atoms with van der Waals surface area (Å²) in [6.07, 6.45) is 0. The molecule has 0 aliphatic carbocycles. The summed E-state index contributed by atoms with van der Waals surface area (Å²) in [4.78, 5) is 0. The lowest BCUT2D eigenvalue weighted by Gasteiger charge is -2.14. The third-order valence-electron chi connectivity index (χ3n) is 3.43. The van der Waals surface area contributed by atoms with Crippen molar-refractivity contribution in [2.75, 3.05) is 0 Å². The monoisotopic (exact) mass is 277 g/mol. The predicted octanol–water partition coefficient (Wildman–Crippen LogP) is 3.54. The van der Waals surface area contributed by atoms with Gasteiger partial charge in [0.1, 0.15) is 5.15 Å². The normalized spacial score (nSPS) is 12.7. The first-order valence-corrected chi connectivity index (χ1v) is 6.84. The molecule has 2 rings (SSSR count).